The van der Waals surface area contributed by atoms with Gasteiger partial charge < -0.3 is 4.74 Å². The van der Waals surface area contributed by atoms with Crippen LogP contribution < -0.4 is 0 Å². The third-order valence-electron chi connectivity index (χ3n) is 2.70. The Morgan fingerprint density at radius 3 is 2.63 bits per heavy atom. The van der Waals surface area contributed by atoms with Crippen LogP contribution in [0, 0.1) is 0 Å². The van der Waals surface area contributed by atoms with E-state index in [2.05, 4.69) is 18.0 Å². The summed E-state index contributed by atoms with van der Waals surface area (Å²) in [5.41, 5.74) is 2.66. The Balaban J connectivity index is 0.000000861. The standard InChI is InChI=1S/C14H15NO2.C2H6/c1-3-4-10-7-12-8-11(14(16)17-2)5-6-13(12)15-9-10;1-2/h5-9H,3-4H2,1-2H3;1-2H3. The highest BCUT2D eigenvalue weighted by Crippen LogP contribution is 2.17. The Morgan fingerprint density at radius 1 is 1.26 bits per heavy atom. The van der Waals surface area contributed by atoms with Gasteiger partial charge in [-0.25, -0.2) is 4.79 Å². The van der Waals surface area contributed by atoms with Crippen LogP contribution in [0.2, 0.25) is 0 Å². The predicted octanol–water partition coefficient (Wildman–Crippen LogP) is 4.00. The largest absolute Gasteiger partial charge is 0.465 e. The molecule has 0 saturated heterocycles. The van der Waals surface area contributed by atoms with E-state index in [4.69, 9.17) is 4.74 Å². The van der Waals surface area contributed by atoms with Crippen molar-refractivity contribution in [2.75, 3.05) is 7.11 Å². The van der Waals surface area contributed by atoms with Gasteiger partial charge in [-0.2, -0.15) is 0 Å². The van der Waals surface area contributed by atoms with E-state index in [1.807, 2.05) is 32.2 Å². The molecule has 0 aliphatic heterocycles. The van der Waals surface area contributed by atoms with Gasteiger partial charge in [-0.3, -0.25) is 4.98 Å². The maximum Gasteiger partial charge on any atom is 0.337 e. The first kappa shape index (κ1) is 15.2. The molecule has 0 radical (unpaired) electrons. The molecule has 0 spiro atoms. The monoisotopic (exact) mass is 259 g/mol. The van der Waals surface area contributed by atoms with Gasteiger partial charge in [0.2, 0.25) is 0 Å². The topological polar surface area (TPSA) is 39.2 Å². The van der Waals surface area contributed by atoms with E-state index in [1.54, 1.807) is 6.07 Å². The molecule has 0 amide bonds. The molecule has 3 nitrogen and oxygen atoms in total. The number of hydrogen-bond acceptors (Lipinski definition) is 3. The number of benzene rings is 1. The molecule has 2 rings (SSSR count). The van der Waals surface area contributed by atoms with E-state index in [9.17, 15) is 4.79 Å². The first-order valence-electron chi connectivity index (χ1n) is 6.71. The summed E-state index contributed by atoms with van der Waals surface area (Å²) < 4.78 is 4.70. The first-order valence-corrected chi connectivity index (χ1v) is 6.71. The van der Waals surface area contributed by atoms with Crippen molar-refractivity contribution in [1.82, 2.24) is 4.98 Å². The summed E-state index contributed by atoms with van der Waals surface area (Å²) >= 11 is 0. The Morgan fingerprint density at radius 2 is 2.00 bits per heavy atom. The smallest absolute Gasteiger partial charge is 0.337 e. The maximum absolute atomic E-state index is 11.4. The maximum atomic E-state index is 11.4. The average molecular weight is 259 g/mol. The van der Waals surface area contributed by atoms with E-state index in [0.717, 1.165) is 23.7 Å². The first-order chi connectivity index (χ1) is 9.24. The Hall–Kier alpha value is -1.90. The van der Waals surface area contributed by atoms with Gasteiger partial charge in [-0.1, -0.05) is 27.2 Å². The summed E-state index contributed by atoms with van der Waals surface area (Å²) in [6, 6.07) is 7.49. The number of carbonyl (C=O) groups excluding carboxylic acids is 1. The molecule has 0 aliphatic carbocycles. The van der Waals surface area contributed by atoms with Crippen molar-refractivity contribution in [2.24, 2.45) is 0 Å². The lowest BCUT2D eigenvalue weighted by Gasteiger charge is -2.04. The SMILES string of the molecule is CC.CCCc1cnc2ccc(C(=O)OC)cc2c1. The van der Waals surface area contributed by atoms with Crippen LogP contribution in [0.1, 0.15) is 43.1 Å². The van der Waals surface area contributed by atoms with E-state index < -0.39 is 0 Å². The van der Waals surface area contributed by atoms with Gasteiger partial charge in [0.05, 0.1) is 18.2 Å². The summed E-state index contributed by atoms with van der Waals surface area (Å²) in [6.07, 6.45) is 3.99. The summed E-state index contributed by atoms with van der Waals surface area (Å²) in [5.74, 6) is -0.312. The molecule has 0 atom stereocenters. The number of carbonyl (C=O) groups is 1. The molecule has 0 saturated carbocycles. The summed E-state index contributed by atoms with van der Waals surface area (Å²) in [5, 5.41) is 0.985. The molecule has 0 bridgehead atoms. The molecule has 0 aliphatic rings. The number of ether oxygens (including phenoxy) is 1. The summed E-state index contributed by atoms with van der Waals surface area (Å²) in [6.45, 7) is 6.13. The van der Waals surface area contributed by atoms with E-state index in [0.29, 0.717) is 5.56 Å². The van der Waals surface area contributed by atoms with Crippen LogP contribution in [-0.2, 0) is 11.2 Å². The molecule has 3 heteroatoms. The van der Waals surface area contributed by atoms with Crippen LogP contribution in [-0.4, -0.2) is 18.1 Å². The van der Waals surface area contributed by atoms with Crippen molar-refractivity contribution >= 4 is 16.9 Å². The molecule has 2 aromatic rings. The molecule has 1 aromatic carbocycles. The number of hydrogen-bond donors (Lipinski definition) is 0. The number of esters is 1. The molecular formula is C16H21NO2. The number of fused-ring (bicyclic) bond motifs is 1. The quantitative estimate of drug-likeness (QED) is 0.782. The molecule has 19 heavy (non-hydrogen) atoms. The number of methoxy groups -OCH3 is 1. The number of aryl methyl sites for hydroxylation is 1. The number of nitrogens with zero attached hydrogens (tertiary/aromatic N) is 1. The number of aromatic nitrogens is 1. The van der Waals surface area contributed by atoms with Crippen molar-refractivity contribution in [3.05, 3.63) is 41.6 Å². The third-order valence-corrected chi connectivity index (χ3v) is 2.70. The van der Waals surface area contributed by atoms with Crippen LogP contribution in [0.4, 0.5) is 0 Å². The summed E-state index contributed by atoms with van der Waals surface area (Å²) in [4.78, 5) is 15.8. The van der Waals surface area contributed by atoms with Gasteiger partial charge in [0, 0.05) is 11.6 Å². The molecule has 0 unspecified atom stereocenters. The Bertz CT molecular complexity index is 549. The van der Waals surface area contributed by atoms with Crippen molar-refractivity contribution in [2.45, 2.75) is 33.6 Å². The van der Waals surface area contributed by atoms with Crippen LogP contribution in [0.15, 0.2) is 30.5 Å². The van der Waals surface area contributed by atoms with Gasteiger partial charge in [-0.05, 0) is 36.2 Å². The molecule has 1 heterocycles. The van der Waals surface area contributed by atoms with Crippen LogP contribution in [0.25, 0.3) is 10.9 Å². The third kappa shape index (κ3) is 3.78. The second kappa shape index (κ2) is 7.52. The van der Waals surface area contributed by atoms with Crippen molar-refractivity contribution in [3.63, 3.8) is 0 Å². The van der Waals surface area contributed by atoms with Crippen molar-refractivity contribution in [3.8, 4) is 0 Å². The number of rotatable bonds is 3. The minimum Gasteiger partial charge on any atom is -0.465 e. The van der Waals surface area contributed by atoms with Crippen LogP contribution >= 0.6 is 0 Å². The fraction of sp³-hybridized carbons (Fsp3) is 0.375. The lowest BCUT2D eigenvalue weighted by molar-refractivity contribution is 0.0601. The lowest BCUT2D eigenvalue weighted by atomic mass is 10.1. The van der Waals surface area contributed by atoms with Crippen LogP contribution in [0.5, 0.6) is 0 Å². The minimum atomic E-state index is -0.312. The fourth-order valence-electron chi connectivity index (χ4n) is 1.85. The minimum absolute atomic E-state index is 0.312. The molecule has 1 aromatic heterocycles. The van der Waals surface area contributed by atoms with Gasteiger partial charge in [-0.15, -0.1) is 0 Å². The highest BCUT2D eigenvalue weighted by atomic mass is 16.5. The van der Waals surface area contributed by atoms with Gasteiger partial charge in [0.25, 0.3) is 0 Å². The zero-order chi connectivity index (χ0) is 14.3. The van der Waals surface area contributed by atoms with E-state index in [1.165, 1.54) is 12.7 Å². The highest BCUT2D eigenvalue weighted by Gasteiger charge is 2.06. The highest BCUT2D eigenvalue weighted by molar-refractivity contribution is 5.94. The fourth-order valence-corrected chi connectivity index (χ4v) is 1.85. The molecule has 102 valence electrons. The summed E-state index contributed by atoms with van der Waals surface area (Å²) in [7, 11) is 1.39. The van der Waals surface area contributed by atoms with Crippen molar-refractivity contribution in [1.29, 1.82) is 0 Å². The molecular weight excluding hydrogens is 238 g/mol. The lowest BCUT2D eigenvalue weighted by Crippen LogP contribution is -2.00. The van der Waals surface area contributed by atoms with E-state index >= 15 is 0 Å². The molecule has 0 fully saturated rings. The molecule has 0 N–H and O–H groups in total. The number of pyridine rings is 1. The zero-order valence-corrected chi connectivity index (χ0v) is 12.1. The van der Waals surface area contributed by atoms with Gasteiger partial charge >= 0.3 is 5.97 Å². The van der Waals surface area contributed by atoms with Crippen LogP contribution in [0.3, 0.4) is 0 Å². The Kier molecular flexibility index (Phi) is 6.00. The second-order valence-corrected chi connectivity index (χ2v) is 3.99. The Labute approximate surface area is 114 Å². The second-order valence-electron chi connectivity index (χ2n) is 3.99. The predicted molar refractivity (Wildman–Crippen MR) is 78.4 cm³/mol. The van der Waals surface area contributed by atoms with Crippen molar-refractivity contribution < 1.29 is 9.53 Å². The zero-order valence-electron chi connectivity index (χ0n) is 12.1. The van der Waals surface area contributed by atoms with Gasteiger partial charge in [0.15, 0.2) is 0 Å². The normalized spacial score (nSPS) is 9.68. The average Bonchev–Trinajstić information content (AvgIpc) is 2.48. The van der Waals surface area contributed by atoms with Gasteiger partial charge in [0.1, 0.15) is 0 Å². The van der Waals surface area contributed by atoms with E-state index in [-0.39, 0.29) is 5.97 Å².